The minimum Gasteiger partial charge on any atom is -0.479 e. The zero-order valence-electron chi connectivity index (χ0n) is 21.4. The number of H-pyrrole nitrogens is 1. The maximum absolute atomic E-state index is 13.3. The molecule has 2 heterocycles. The Kier molecular flexibility index (Phi) is 8.07. The van der Waals surface area contributed by atoms with Crippen LogP contribution in [0.15, 0.2) is 54.7 Å². The van der Waals surface area contributed by atoms with Gasteiger partial charge in [0.25, 0.3) is 17.6 Å². The van der Waals surface area contributed by atoms with Crippen LogP contribution in [0.1, 0.15) is 27.6 Å². The average molecular weight is 536 g/mol. The molecule has 0 aliphatic carbocycles. The van der Waals surface area contributed by atoms with E-state index in [1.54, 1.807) is 48.2 Å². The van der Waals surface area contributed by atoms with Gasteiger partial charge >= 0.3 is 5.97 Å². The van der Waals surface area contributed by atoms with Crippen molar-refractivity contribution in [1.29, 1.82) is 0 Å². The van der Waals surface area contributed by atoms with Crippen LogP contribution in [0.25, 0.3) is 10.9 Å². The van der Waals surface area contributed by atoms with Crippen LogP contribution in [0.2, 0.25) is 0 Å². The van der Waals surface area contributed by atoms with E-state index in [9.17, 15) is 29.1 Å². The summed E-state index contributed by atoms with van der Waals surface area (Å²) in [4.78, 5) is 69.0. The molecular weight excluding hydrogens is 506 g/mol. The molecule has 5 N–H and O–H groups in total. The predicted octanol–water partition coefficient (Wildman–Crippen LogP) is 0.696. The first-order valence-electron chi connectivity index (χ1n) is 12.3. The SMILES string of the molecule is CNC(C(=O)Nc1cccc2c(C(=O)C(=O)N3CCN(C(=O)c4ccccc4)CC3C)c[nH]c12)C(O)C(=O)O. The van der Waals surface area contributed by atoms with Gasteiger partial charge in [0.15, 0.2) is 6.10 Å². The van der Waals surface area contributed by atoms with E-state index < -0.39 is 35.7 Å². The van der Waals surface area contributed by atoms with Crippen LogP contribution in [0.5, 0.6) is 0 Å². The monoisotopic (exact) mass is 535 g/mol. The number of aromatic amines is 1. The molecule has 1 aliphatic rings. The van der Waals surface area contributed by atoms with Crippen molar-refractivity contribution in [3.8, 4) is 0 Å². The number of hydrogen-bond acceptors (Lipinski definition) is 7. The Morgan fingerprint density at radius 1 is 1.03 bits per heavy atom. The molecule has 1 aromatic heterocycles. The van der Waals surface area contributed by atoms with Gasteiger partial charge in [0.2, 0.25) is 5.91 Å². The third kappa shape index (κ3) is 5.52. The van der Waals surface area contributed by atoms with Crippen molar-refractivity contribution in [1.82, 2.24) is 20.1 Å². The van der Waals surface area contributed by atoms with Crippen LogP contribution in [0, 0.1) is 0 Å². The summed E-state index contributed by atoms with van der Waals surface area (Å²) in [6.07, 6.45) is -0.597. The van der Waals surface area contributed by atoms with E-state index in [-0.39, 0.29) is 42.8 Å². The van der Waals surface area contributed by atoms with Crippen LogP contribution < -0.4 is 10.6 Å². The van der Waals surface area contributed by atoms with E-state index in [0.29, 0.717) is 16.5 Å². The smallest absolute Gasteiger partial charge is 0.334 e. The van der Waals surface area contributed by atoms with Crippen LogP contribution in [0.3, 0.4) is 0 Å². The number of amides is 3. The first-order chi connectivity index (χ1) is 18.6. The lowest BCUT2D eigenvalue weighted by Crippen LogP contribution is -2.56. The van der Waals surface area contributed by atoms with Crippen molar-refractivity contribution in [2.24, 2.45) is 0 Å². The van der Waals surface area contributed by atoms with Gasteiger partial charge in [-0.2, -0.15) is 0 Å². The van der Waals surface area contributed by atoms with E-state index in [0.717, 1.165) is 0 Å². The van der Waals surface area contributed by atoms with Gasteiger partial charge in [0.05, 0.1) is 16.8 Å². The molecule has 0 bridgehead atoms. The average Bonchev–Trinajstić information content (AvgIpc) is 3.37. The van der Waals surface area contributed by atoms with E-state index in [1.165, 1.54) is 24.2 Å². The Morgan fingerprint density at radius 2 is 1.74 bits per heavy atom. The van der Waals surface area contributed by atoms with Gasteiger partial charge in [-0.05, 0) is 32.2 Å². The number of fused-ring (bicyclic) bond motifs is 1. The number of likely N-dealkylation sites (N-methyl/N-ethyl adjacent to an activating group) is 1. The molecule has 3 unspecified atom stereocenters. The van der Waals surface area contributed by atoms with E-state index in [1.807, 2.05) is 6.07 Å². The van der Waals surface area contributed by atoms with Gasteiger partial charge in [-0.15, -0.1) is 0 Å². The molecule has 1 aliphatic heterocycles. The molecular formula is C27H29N5O7. The van der Waals surface area contributed by atoms with Crippen molar-refractivity contribution < 1.29 is 34.2 Å². The van der Waals surface area contributed by atoms with Crippen molar-refractivity contribution >= 4 is 46.1 Å². The fraction of sp³-hybridized carbons (Fsp3) is 0.296. The minimum absolute atomic E-state index is 0.108. The highest BCUT2D eigenvalue weighted by atomic mass is 16.4. The number of hydrogen-bond donors (Lipinski definition) is 5. The lowest BCUT2D eigenvalue weighted by molar-refractivity contribution is -0.150. The Hall–Kier alpha value is -4.55. The van der Waals surface area contributed by atoms with Gasteiger partial charge in [-0.25, -0.2) is 4.79 Å². The van der Waals surface area contributed by atoms with E-state index in [4.69, 9.17) is 5.11 Å². The van der Waals surface area contributed by atoms with Crippen LogP contribution >= 0.6 is 0 Å². The molecule has 39 heavy (non-hydrogen) atoms. The molecule has 1 saturated heterocycles. The van der Waals surface area contributed by atoms with Gasteiger partial charge in [0, 0.05) is 42.8 Å². The Labute approximate surface area is 223 Å². The number of carboxylic acid groups (broad SMARTS) is 1. The van der Waals surface area contributed by atoms with Crippen LogP contribution in [0.4, 0.5) is 5.69 Å². The quantitative estimate of drug-likeness (QED) is 0.207. The highest BCUT2D eigenvalue weighted by Gasteiger charge is 2.35. The molecule has 12 heteroatoms. The normalized spacial score (nSPS) is 16.9. The number of carbonyl (C=O) groups is 5. The molecule has 0 spiro atoms. The number of rotatable bonds is 8. The van der Waals surface area contributed by atoms with Crippen LogP contribution in [-0.4, -0.2) is 99.3 Å². The molecule has 4 rings (SSSR count). The summed E-state index contributed by atoms with van der Waals surface area (Å²) in [6, 6.07) is 11.8. The minimum atomic E-state index is -1.97. The van der Waals surface area contributed by atoms with Crippen molar-refractivity contribution in [2.75, 3.05) is 32.0 Å². The standard InChI is InChI=1S/C27H29N5O7/c1-15-14-31(25(36)16-7-4-3-5-8-16)11-12-32(15)26(37)22(33)18-13-29-20-17(18)9-6-10-19(20)30-24(35)21(28-2)23(34)27(38)39/h3-10,13,15,21,23,28-29,34H,11-12,14H2,1-2H3,(H,30,35)(H,38,39). The number of piperazine rings is 1. The lowest BCUT2D eigenvalue weighted by Gasteiger charge is -2.39. The first-order valence-corrected chi connectivity index (χ1v) is 12.3. The number of aliphatic hydroxyl groups excluding tert-OH is 1. The van der Waals surface area contributed by atoms with E-state index in [2.05, 4.69) is 15.6 Å². The summed E-state index contributed by atoms with van der Waals surface area (Å²) in [7, 11) is 1.34. The summed E-state index contributed by atoms with van der Waals surface area (Å²) in [6.45, 7) is 2.55. The number of para-hydroxylation sites is 1. The third-order valence-corrected chi connectivity index (χ3v) is 6.77. The second kappa shape index (κ2) is 11.5. The maximum Gasteiger partial charge on any atom is 0.334 e. The number of benzene rings is 2. The number of nitrogens with zero attached hydrogens (tertiary/aromatic N) is 2. The molecule has 0 radical (unpaired) electrons. The Balaban J connectivity index is 1.49. The van der Waals surface area contributed by atoms with Gasteiger partial charge in [-0.1, -0.05) is 30.3 Å². The summed E-state index contributed by atoms with van der Waals surface area (Å²) in [5.74, 6) is -3.94. The number of aromatic nitrogens is 1. The number of carboxylic acids is 1. The number of Topliss-reactive ketones (excluding diaryl/α,β-unsaturated/α-hetero) is 1. The first kappa shape index (κ1) is 27.5. The lowest BCUT2D eigenvalue weighted by atomic mass is 10.1. The molecule has 3 amide bonds. The number of carbonyl (C=O) groups excluding carboxylic acids is 4. The van der Waals surface area contributed by atoms with Crippen molar-refractivity contribution in [2.45, 2.75) is 25.1 Å². The highest BCUT2D eigenvalue weighted by Crippen LogP contribution is 2.27. The third-order valence-electron chi connectivity index (χ3n) is 6.77. The molecule has 0 saturated carbocycles. The summed E-state index contributed by atoms with van der Waals surface area (Å²) >= 11 is 0. The predicted molar refractivity (Wildman–Crippen MR) is 141 cm³/mol. The zero-order valence-corrected chi connectivity index (χ0v) is 21.4. The second-order valence-electron chi connectivity index (χ2n) is 9.26. The molecule has 12 nitrogen and oxygen atoms in total. The summed E-state index contributed by atoms with van der Waals surface area (Å²) in [5, 5.41) is 24.2. The number of nitrogens with one attached hydrogen (secondary N) is 3. The fourth-order valence-electron chi connectivity index (χ4n) is 4.68. The highest BCUT2D eigenvalue weighted by molar-refractivity contribution is 6.45. The maximum atomic E-state index is 13.3. The molecule has 1 fully saturated rings. The van der Waals surface area contributed by atoms with Crippen LogP contribution in [-0.2, 0) is 14.4 Å². The number of aliphatic hydroxyl groups is 1. The number of ketones is 1. The van der Waals surface area contributed by atoms with Gasteiger partial charge in [0.1, 0.15) is 6.04 Å². The largest absolute Gasteiger partial charge is 0.479 e. The molecule has 204 valence electrons. The summed E-state index contributed by atoms with van der Waals surface area (Å²) in [5.41, 5.74) is 1.26. The number of anilines is 1. The second-order valence-corrected chi connectivity index (χ2v) is 9.26. The molecule has 2 aromatic carbocycles. The van der Waals surface area contributed by atoms with Gasteiger partial charge < -0.3 is 35.6 Å². The number of aliphatic carboxylic acids is 1. The molecule has 3 atom stereocenters. The molecule has 3 aromatic rings. The summed E-state index contributed by atoms with van der Waals surface area (Å²) < 4.78 is 0. The Bertz CT molecular complexity index is 1420. The zero-order chi connectivity index (χ0) is 28.3. The van der Waals surface area contributed by atoms with Crippen molar-refractivity contribution in [3.63, 3.8) is 0 Å². The topological polar surface area (TPSA) is 172 Å². The van der Waals surface area contributed by atoms with E-state index >= 15 is 0 Å². The van der Waals surface area contributed by atoms with Crippen molar-refractivity contribution in [3.05, 3.63) is 65.9 Å². The Morgan fingerprint density at radius 3 is 2.38 bits per heavy atom. The van der Waals surface area contributed by atoms with Gasteiger partial charge in [-0.3, -0.25) is 19.2 Å². The fourth-order valence-corrected chi connectivity index (χ4v) is 4.68.